The molecule has 5 rings (SSSR count). The lowest BCUT2D eigenvalue weighted by molar-refractivity contribution is 0.398. The molecule has 0 unspecified atom stereocenters. The zero-order valence-corrected chi connectivity index (χ0v) is 15.0. The van der Waals surface area contributed by atoms with Gasteiger partial charge in [0.05, 0.1) is 18.3 Å². The minimum absolute atomic E-state index is 0.261. The predicted molar refractivity (Wildman–Crippen MR) is 107 cm³/mol. The highest BCUT2D eigenvalue weighted by atomic mass is 16.5. The second-order valence-electron chi connectivity index (χ2n) is 6.34. The van der Waals surface area contributed by atoms with E-state index in [0.29, 0.717) is 16.9 Å². The first-order valence-electron chi connectivity index (χ1n) is 8.72. The summed E-state index contributed by atoms with van der Waals surface area (Å²) < 4.78 is 6.83. The van der Waals surface area contributed by atoms with Crippen LogP contribution in [0.5, 0.6) is 5.88 Å². The Hall–Kier alpha value is -4.00. The van der Waals surface area contributed by atoms with E-state index in [1.807, 2.05) is 60.7 Å². The Balaban J connectivity index is 1.79. The second kappa shape index (κ2) is 6.31. The number of methoxy groups -OCH3 is 1. The van der Waals surface area contributed by atoms with E-state index in [9.17, 15) is 4.79 Å². The van der Waals surface area contributed by atoms with Crippen LogP contribution in [0.15, 0.2) is 71.7 Å². The number of hydrogen-bond donors (Lipinski definition) is 1. The minimum Gasteiger partial charge on any atom is -0.481 e. The molecule has 2 aromatic carbocycles. The van der Waals surface area contributed by atoms with Gasteiger partial charge in [0, 0.05) is 23.2 Å². The van der Waals surface area contributed by atoms with Gasteiger partial charge in [-0.05, 0) is 35.9 Å². The first kappa shape index (κ1) is 16.2. The van der Waals surface area contributed by atoms with Gasteiger partial charge >= 0.3 is 0 Å². The zero-order chi connectivity index (χ0) is 19.1. The van der Waals surface area contributed by atoms with Crippen molar-refractivity contribution >= 4 is 21.9 Å². The predicted octanol–water partition coefficient (Wildman–Crippen LogP) is 3.33. The summed E-state index contributed by atoms with van der Waals surface area (Å²) in [5.74, 6) is 0.558. The molecule has 28 heavy (non-hydrogen) atoms. The SMILES string of the molecule is COc1ccc(-c2ccc3[nH]c(=O)c4nnn(-c5ccccc5)c4c3c2)cn1. The monoisotopic (exact) mass is 369 g/mol. The molecule has 0 aliphatic rings. The maximum atomic E-state index is 12.5. The molecule has 3 aromatic heterocycles. The van der Waals surface area contributed by atoms with Crippen molar-refractivity contribution in [3.8, 4) is 22.7 Å². The van der Waals surface area contributed by atoms with Crippen LogP contribution in [0.3, 0.4) is 0 Å². The van der Waals surface area contributed by atoms with Crippen LogP contribution in [0.2, 0.25) is 0 Å². The van der Waals surface area contributed by atoms with E-state index in [2.05, 4.69) is 20.3 Å². The number of H-pyrrole nitrogens is 1. The Morgan fingerprint density at radius 1 is 1.00 bits per heavy atom. The fourth-order valence-corrected chi connectivity index (χ4v) is 3.31. The average Bonchev–Trinajstić information content (AvgIpc) is 3.21. The van der Waals surface area contributed by atoms with Crippen LogP contribution >= 0.6 is 0 Å². The van der Waals surface area contributed by atoms with Crippen molar-refractivity contribution in [1.82, 2.24) is 25.0 Å². The van der Waals surface area contributed by atoms with E-state index in [4.69, 9.17) is 4.74 Å². The number of nitrogens with one attached hydrogen (secondary N) is 1. The van der Waals surface area contributed by atoms with E-state index in [1.165, 1.54) is 0 Å². The number of nitrogens with zero attached hydrogens (tertiary/aromatic N) is 4. The summed E-state index contributed by atoms with van der Waals surface area (Å²) in [7, 11) is 1.59. The largest absolute Gasteiger partial charge is 0.481 e. The summed E-state index contributed by atoms with van der Waals surface area (Å²) in [5.41, 5.74) is 4.20. The fraction of sp³-hybridized carbons (Fsp3) is 0.0476. The van der Waals surface area contributed by atoms with Crippen LogP contribution in [0.4, 0.5) is 0 Å². The van der Waals surface area contributed by atoms with Crippen LogP contribution in [0.1, 0.15) is 0 Å². The van der Waals surface area contributed by atoms with E-state index >= 15 is 0 Å². The average molecular weight is 369 g/mol. The Morgan fingerprint density at radius 2 is 1.82 bits per heavy atom. The van der Waals surface area contributed by atoms with Gasteiger partial charge in [-0.15, -0.1) is 5.10 Å². The molecule has 0 saturated carbocycles. The molecule has 7 nitrogen and oxygen atoms in total. The molecule has 3 heterocycles. The standard InChI is InChI=1S/C21H15N5O2/c1-28-18-10-8-14(12-22-18)13-7-9-17-16(11-13)20-19(21(27)23-17)24-25-26(20)15-5-3-2-4-6-15/h2-12H,1H3,(H,23,27). The summed E-state index contributed by atoms with van der Waals surface area (Å²) >= 11 is 0. The minimum atomic E-state index is -0.261. The molecule has 1 N–H and O–H groups in total. The number of fused-ring (bicyclic) bond motifs is 3. The van der Waals surface area contributed by atoms with Crippen molar-refractivity contribution in [2.75, 3.05) is 7.11 Å². The number of ether oxygens (including phenoxy) is 1. The Morgan fingerprint density at radius 3 is 2.57 bits per heavy atom. The van der Waals surface area contributed by atoms with Gasteiger partial charge in [-0.3, -0.25) is 4.79 Å². The third-order valence-electron chi connectivity index (χ3n) is 4.69. The Labute approximate surface area is 159 Å². The van der Waals surface area contributed by atoms with Crippen molar-refractivity contribution in [3.63, 3.8) is 0 Å². The van der Waals surface area contributed by atoms with Gasteiger partial charge < -0.3 is 9.72 Å². The van der Waals surface area contributed by atoms with Gasteiger partial charge in [-0.1, -0.05) is 29.5 Å². The lowest BCUT2D eigenvalue weighted by atomic mass is 10.0. The van der Waals surface area contributed by atoms with Crippen molar-refractivity contribution < 1.29 is 4.74 Å². The van der Waals surface area contributed by atoms with Crippen molar-refractivity contribution in [2.45, 2.75) is 0 Å². The molecule has 7 heteroatoms. The van der Waals surface area contributed by atoms with E-state index in [-0.39, 0.29) is 5.56 Å². The molecule has 136 valence electrons. The van der Waals surface area contributed by atoms with Crippen molar-refractivity contribution in [2.24, 2.45) is 0 Å². The maximum absolute atomic E-state index is 12.5. The number of pyridine rings is 2. The van der Waals surface area contributed by atoms with Crippen molar-refractivity contribution in [3.05, 3.63) is 77.2 Å². The first-order valence-corrected chi connectivity index (χ1v) is 8.72. The van der Waals surface area contributed by atoms with E-state index in [0.717, 1.165) is 27.7 Å². The van der Waals surface area contributed by atoms with E-state index in [1.54, 1.807) is 18.0 Å². The summed E-state index contributed by atoms with van der Waals surface area (Å²) in [6.07, 6.45) is 1.76. The van der Waals surface area contributed by atoms with Crippen LogP contribution in [-0.2, 0) is 0 Å². The number of para-hydroxylation sites is 1. The lowest BCUT2D eigenvalue weighted by Gasteiger charge is -2.08. The number of aromatic nitrogens is 5. The molecule has 0 bridgehead atoms. The topological polar surface area (TPSA) is 85.7 Å². The van der Waals surface area contributed by atoms with Gasteiger partial charge in [0.15, 0.2) is 5.52 Å². The second-order valence-corrected chi connectivity index (χ2v) is 6.34. The third kappa shape index (κ3) is 2.52. The quantitative estimate of drug-likeness (QED) is 0.527. The highest BCUT2D eigenvalue weighted by Gasteiger charge is 2.15. The summed E-state index contributed by atoms with van der Waals surface area (Å²) in [5, 5.41) is 9.19. The molecule has 0 radical (unpaired) electrons. The molecule has 0 aliphatic carbocycles. The number of aromatic amines is 1. The smallest absolute Gasteiger partial charge is 0.278 e. The zero-order valence-electron chi connectivity index (χ0n) is 15.0. The number of rotatable bonds is 3. The van der Waals surface area contributed by atoms with Crippen LogP contribution < -0.4 is 10.3 Å². The molecule has 0 saturated heterocycles. The molecule has 5 aromatic rings. The summed E-state index contributed by atoms with van der Waals surface area (Å²) in [6.45, 7) is 0. The molecule has 0 fully saturated rings. The highest BCUT2D eigenvalue weighted by Crippen LogP contribution is 2.28. The Kier molecular flexibility index (Phi) is 3.65. The molecule has 0 spiro atoms. The van der Waals surface area contributed by atoms with Crippen LogP contribution in [0, 0.1) is 0 Å². The highest BCUT2D eigenvalue weighted by molar-refractivity contribution is 6.03. The number of benzene rings is 2. The molecular formula is C21H15N5O2. The van der Waals surface area contributed by atoms with Crippen molar-refractivity contribution in [1.29, 1.82) is 0 Å². The third-order valence-corrected chi connectivity index (χ3v) is 4.69. The number of hydrogen-bond acceptors (Lipinski definition) is 5. The molecule has 0 amide bonds. The lowest BCUT2D eigenvalue weighted by Crippen LogP contribution is -2.07. The normalized spacial score (nSPS) is 11.2. The van der Waals surface area contributed by atoms with Gasteiger partial charge in [0.25, 0.3) is 5.56 Å². The summed E-state index contributed by atoms with van der Waals surface area (Å²) in [4.78, 5) is 19.6. The maximum Gasteiger partial charge on any atom is 0.278 e. The van der Waals surface area contributed by atoms with E-state index < -0.39 is 0 Å². The summed E-state index contributed by atoms with van der Waals surface area (Å²) in [6, 6.07) is 19.3. The first-order chi connectivity index (χ1) is 13.7. The van der Waals surface area contributed by atoms with Gasteiger partial charge in [-0.25, -0.2) is 9.67 Å². The molecular weight excluding hydrogens is 354 g/mol. The molecule has 0 atom stereocenters. The Bertz CT molecular complexity index is 1360. The van der Waals surface area contributed by atoms with Crippen LogP contribution in [-0.4, -0.2) is 32.1 Å². The van der Waals surface area contributed by atoms with Gasteiger partial charge in [-0.2, -0.15) is 0 Å². The van der Waals surface area contributed by atoms with Gasteiger partial charge in [0.2, 0.25) is 5.88 Å². The van der Waals surface area contributed by atoms with Crippen LogP contribution in [0.25, 0.3) is 38.8 Å². The molecule has 0 aliphatic heterocycles. The van der Waals surface area contributed by atoms with Gasteiger partial charge in [0.1, 0.15) is 5.52 Å². The fourth-order valence-electron chi connectivity index (χ4n) is 3.31.